The van der Waals surface area contributed by atoms with Crippen molar-refractivity contribution in [2.45, 2.75) is 0 Å². The quantitative estimate of drug-likeness (QED) is 0.224. The van der Waals surface area contributed by atoms with Crippen molar-refractivity contribution >= 4 is 53.2 Å². The first kappa shape index (κ1) is 24.1. The van der Waals surface area contributed by atoms with Crippen LogP contribution in [0.5, 0.6) is 0 Å². The average molecular weight is 518 g/mol. The molecule has 0 aliphatic carbocycles. The molecule has 0 saturated heterocycles. The van der Waals surface area contributed by atoms with Crippen molar-refractivity contribution in [2.75, 3.05) is 0 Å². The van der Waals surface area contributed by atoms with Crippen LogP contribution in [0.4, 0.5) is 0 Å². The van der Waals surface area contributed by atoms with Crippen molar-refractivity contribution in [3.8, 4) is 0 Å². The summed E-state index contributed by atoms with van der Waals surface area (Å²) in [6, 6.07) is 65.1. The first-order valence-corrected chi connectivity index (χ1v) is 16.6. The molecule has 6 aromatic rings. The third-order valence-electron chi connectivity index (χ3n) is 7.35. The number of hydrogen-bond acceptors (Lipinski definition) is 0. The van der Waals surface area contributed by atoms with E-state index in [0.29, 0.717) is 0 Å². The SMILES string of the molecule is c1ccc([Si](c2ccccc2)c2ccc([Si](c3ccccc3)(c3ccccc3)c3ccccc3)cc2)cc1. The minimum absolute atomic E-state index is 1.12. The molecule has 0 aliphatic rings. The summed E-state index contributed by atoms with van der Waals surface area (Å²) >= 11 is 0. The van der Waals surface area contributed by atoms with Gasteiger partial charge < -0.3 is 0 Å². The van der Waals surface area contributed by atoms with Gasteiger partial charge in [0, 0.05) is 0 Å². The highest BCUT2D eigenvalue weighted by Crippen LogP contribution is 2.09. The monoisotopic (exact) mass is 517 g/mol. The zero-order chi connectivity index (χ0) is 25.6. The smallest absolute Gasteiger partial charge is 0.0625 e. The van der Waals surface area contributed by atoms with E-state index in [4.69, 9.17) is 0 Å². The van der Waals surface area contributed by atoms with E-state index in [-0.39, 0.29) is 0 Å². The predicted molar refractivity (Wildman–Crippen MR) is 168 cm³/mol. The Morgan fingerprint density at radius 2 is 0.526 bits per heavy atom. The van der Waals surface area contributed by atoms with Crippen molar-refractivity contribution in [1.29, 1.82) is 0 Å². The first-order valence-electron chi connectivity index (χ1n) is 13.1. The van der Waals surface area contributed by atoms with Gasteiger partial charge >= 0.3 is 0 Å². The molecule has 0 unspecified atom stereocenters. The molecule has 0 spiro atoms. The highest BCUT2D eigenvalue weighted by molar-refractivity contribution is 7.20. The van der Waals surface area contributed by atoms with E-state index in [1.54, 1.807) is 0 Å². The van der Waals surface area contributed by atoms with Crippen LogP contribution in [0, 0.1) is 0 Å². The van der Waals surface area contributed by atoms with E-state index >= 15 is 0 Å². The molecular weight excluding hydrogens is 489 g/mol. The second-order valence-electron chi connectivity index (χ2n) is 9.53. The van der Waals surface area contributed by atoms with Crippen molar-refractivity contribution < 1.29 is 0 Å². The van der Waals surface area contributed by atoms with Gasteiger partial charge in [-0.05, 0) is 20.7 Å². The van der Waals surface area contributed by atoms with Gasteiger partial charge in [0.25, 0.3) is 0 Å². The molecule has 181 valence electrons. The summed E-state index contributed by atoms with van der Waals surface area (Å²) < 4.78 is 0. The van der Waals surface area contributed by atoms with E-state index in [2.05, 4.69) is 176 Å². The molecule has 0 heterocycles. The highest BCUT2D eigenvalue weighted by Gasteiger charge is 2.41. The van der Waals surface area contributed by atoms with Gasteiger partial charge in [-0.1, -0.05) is 191 Å². The van der Waals surface area contributed by atoms with Crippen LogP contribution in [0.15, 0.2) is 176 Å². The lowest BCUT2D eigenvalue weighted by molar-refractivity contribution is 1.67. The van der Waals surface area contributed by atoms with Gasteiger partial charge in [0.15, 0.2) is 16.9 Å². The molecule has 1 radical (unpaired) electrons. The van der Waals surface area contributed by atoms with Gasteiger partial charge in [0.1, 0.15) is 0 Å². The summed E-state index contributed by atoms with van der Waals surface area (Å²) in [6.07, 6.45) is 0. The summed E-state index contributed by atoms with van der Waals surface area (Å²) in [5.41, 5.74) is 0. The van der Waals surface area contributed by atoms with Gasteiger partial charge in [-0.3, -0.25) is 0 Å². The molecule has 0 N–H and O–H groups in total. The Labute approximate surface area is 228 Å². The molecule has 0 nitrogen and oxygen atoms in total. The number of hydrogen-bond donors (Lipinski definition) is 0. The Bertz CT molecular complexity index is 1430. The van der Waals surface area contributed by atoms with Crippen molar-refractivity contribution in [3.63, 3.8) is 0 Å². The molecule has 0 aliphatic heterocycles. The topological polar surface area (TPSA) is 0 Å². The van der Waals surface area contributed by atoms with Crippen LogP contribution >= 0.6 is 0 Å². The van der Waals surface area contributed by atoms with Crippen molar-refractivity contribution in [1.82, 2.24) is 0 Å². The van der Waals surface area contributed by atoms with Gasteiger partial charge in [-0.25, -0.2) is 0 Å². The van der Waals surface area contributed by atoms with Gasteiger partial charge in [0.05, 0.1) is 0 Å². The molecule has 6 rings (SSSR count). The Kier molecular flexibility index (Phi) is 6.99. The summed E-state index contributed by atoms with van der Waals surface area (Å²) in [7, 11) is -3.62. The maximum absolute atomic E-state index is 2.50. The zero-order valence-corrected chi connectivity index (χ0v) is 23.2. The van der Waals surface area contributed by atoms with Crippen LogP contribution < -0.4 is 36.3 Å². The van der Waals surface area contributed by atoms with Gasteiger partial charge in [-0.2, -0.15) is 0 Å². The largest absolute Gasteiger partial charge is 0.179 e. The van der Waals surface area contributed by atoms with E-state index in [1.807, 2.05) is 0 Å². The normalized spacial score (nSPS) is 11.4. The van der Waals surface area contributed by atoms with Crippen molar-refractivity contribution in [3.05, 3.63) is 176 Å². The van der Waals surface area contributed by atoms with Crippen LogP contribution in [0.3, 0.4) is 0 Å². The minimum Gasteiger partial charge on any atom is -0.0625 e. The maximum atomic E-state index is 2.42. The van der Waals surface area contributed by atoms with Crippen molar-refractivity contribution in [2.24, 2.45) is 0 Å². The summed E-state index contributed by atoms with van der Waals surface area (Å²) in [6.45, 7) is 0. The summed E-state index contributed by atoms with van der Waals surface area (Å²) in [5, 5.41) is 9.86. The summed E-state index contributed by atoms with van der Waals surface area (Å²) in [5.74, 6) is 0. The lowest BCUT2D eigenvalue weighted by atomic mass is 10.3. The Hall–Kier alpha value is -4.25. The molecule has 0 bridgehead atoms. The molecule has 0 saturated carbocycles. The molecule has 0 aromatic heterocycles. The van der Waals surface area contributed by atoms with Crippen LogP contribution in [-0.2, 0) is 0 Å². The van der Waals surface area contributed by atoms with Gasteiger partial charge in [0.2, 0.25) is 0 Å². The molecule has 0 fully saturated rings. The minimum atomic E-state index is -2.50. The van der Waals surface area contributed by atoms with E-state index in [1.165, 1.54) is 36.3 Å². The Morgan fingerprint density at radius 3 is 0.868 bits per heavy atom. The third-order valence-corrected chi connectivity index (χ3v) is 14.9. The predicted octanol–water partition coefficient (Wildman–Crippen LogP) is 3.58. The number of benzene rings is 6. The van der Waals surface area contributed by atoms with E-state index in [9.17, 15) is 0 Å². The lowest BCUT2D eigenvalue weighted by Crippen LogP contribution is -2.74. The molecule has 38 heavy (non-hydrogen) atoms. The highest BCUT2D eigenvalue weighted by atomic mass is 28.3. The second-order valence-corrected chi connectivity index (χ2v) is 15.8. The molecular formula is C36H29Si2. The second kappa shape index (κ2) is 11.0. The maximum Gasteiger partial charge on any atom is 0.179 e. The molecule has 2 heteroatoms. The van der Waals surface area contributed by atoms with Crippen LogP contribution in [0.2, 0.25) is 0 Å². The van der Waals surface area contributed by atoms with Crippen LogP contribution in [0.25, 0.3) is 0 Å². The summed E-state index contributed by atoms with van der Waals surface area (Å²) in [4.78, 5) is 0. The van der Waals surface area contributed by atoms with Gasteiger partial charge in [-0.15, -0.1) is 0 Å². The fraction of sp³-hybridized carbons (Fsp3) is 0. The van der Waals surface area contributed by atoms with E-state index < -0.39 is 16.9 Å². The Morgan fingerprint density at radius 1 is 0.263 bits per heavy atom. The first-order chi connectivity index (χ1) is 18.9. The molecule has 0 amide bonds. The number of rotatable bonds is 7. The van der Waals surface area contributed by atoms with Crippen LogP contribution in [-0.4, -0.2) is 16.9 Å². The van der Waals surface area contributed by atoms with Crippen LogP contribution in [0.1, 0.15) is 0 Å². The van der Waals surface area contributed by atoms with E-state index in [0.717, 1.165) is 0 Å². The third kappa shape index (κ3) is 4.49. The Balaban J connectivity index is 1.56. The lowest BCUT2D eigenvalue weighted by Gasteiger charge is -2.34. The zero-order valence-electron chi connectivity index (χ0n) is 21.2. The fourth-order valence-electron chi connectivity index (χ4n) is 5.66. The molecule has 6 aromatic carbocycles. The molecule has 0 atom stereocenters. The standard InChI is InChI=1S/C36H29Si2/c1-6-16-30(17-7-1)37(31-18-8-2-9-19-31)32-26-28-36(29-27-32)38(33-20-10-3-11-21-33,34-22-12-4-13-23-34)35-24-14-5-15-25-35/h1-29H. The fourth-order valence-corrected chi connectivity index (χ4v) is 13.0. The average Bonchev–Trinajstić information content (AvgIpc) is 3.01.